The topological polar surface area (TPSA) is 66.4 Å². The molecular formula is C31H25NO3. The van der Waals surface area contributed by atoms with Crippen LogP contribution in [0.1, 0.15) is 22.6 Å². The summed E-state index contributed by atoms with van der Waals surface area (Å²) < 4.78 is 0. The Kier molecular flexibility index (Phi) is 6.27. The number of carboxylic acid groups (broad SMARTS) is 1. The zero-order valence-corrected chi connectivity index (χ0v) is 19.1. The van der Waals surface area contributed by atoms with E-state index in [1.165, 1.54) is 0 Å². The lowest BCUT2D eigenvalue weighted by atomic mass is 9.89. The largest absolute Gasteiger partial charge is 0.480 e. The molecule has 0 heterocycles. The van der Waals surface area contributed by atoms with Crippen LogP contribution < -0.4 is 5.32 Å². The van der Waals surface area contributed by atoms with Gasteiger partial charge in [0.15, 0.2) is 0 Å². The van der Waals surface area contributed by atoms with Gasteiger partial charge in [-0.2, -0.15) is 0 Å². The van der Waals surface area contributed by atoms with Gasteiger partial charge in [0.2, 0.25) is 5.91 Å². The number of carbonyl (C=O) groups is 2. The summed E-state index contributed by atoms with van der Waals surface area (Å²) in [6.07, 6.45) is 0.180. The van der Waals surface area contributed by atoms with Crippen molar-refractivity contribution in [2.45, 2.75) is 18.4 Å². The molecule has 4 heteroatoms. The van der Waals surface area contributed by atoms with Gasteiger partial charge in [-0.05, 0) is 44.3 Å². The molecule has 0 radical (unpaired) electrons. The first kappa shape index (κ1) is 22.4. The Labute approximate surface area is 203 Å². The first-order chi connectivity index (χ1) is 17.1. The van der Waals surface area contributed by atoms with Crippen LogP contribution in [0, 0.1) is 0 Å². The van der Waals surface area contributed by atoms with Gasteiger partial charge in [-0.15, -0.1) is 0 Å². The molecule has 1 atom stereocenters. The third-order valence-electron chi connectivity index (χ3n) is 6.43. The van der Waals surface area contributed by atoms with E-state index in [0.29, 0.717) is 0 Å². The van der Waals surface area contributed by atoms with E-state index in [-0.39, 0.29) is 12.3 Å². The number of carbonyl (C=O) groups excluding carboxylic acids is 1. The lowest BCUT2D eigenvalue weighted by molar-refractivity contribution is -0.141. The predicted octanol–water partition coefficient (Wildman–Crippen LogP) is 5.94. The van der Waals surface area contributed by atoms with Crippen molar-refractivity contribution < 1.29 is 14.7 Å². The van der Waals surface area contributed by atoms with Crippen molar-refractivity contribution >= 4 is 33.4 Å². The van der Waals surface area contributed by atoms with E-state index in [1.807, 2.05) is 109 Å². The normalized spacial score (nSPS) is 12.0. The Morgan fingerprint density at radius 3 is 1.60 bits per heavy atom. The number of benzene rings is 5. The fourth-order valence-corrected chi connectivity index (χ4v) is 4.77. The van der Waals surface area contributed by atoms with Crippen molar-refractivity contribution in [2.24, 2.45) is 0 Å². The summed E-state index contributed by atoms with van der Waals surface area (Å²) in [5.74, 6) is -2.00. The highest BCUT2D eigenvalue weighted by Crippen LogP contribution is 2.30. The molecule has 35 heavy (non-hydrogen) atoms. The van der Waals surface area contributed by atoms with Crippen molar-refractivity contribution in [1.29, 1.82) is 0 Å². The fourth-order valence-electron chi connectivity index (χ4n) is 4.77. The minimum atomic E-state index is -1.08. The summed E-state index contributed by atoms with van der Waals surface area (Å²) in [5.41, 5.74) is 2.55. The van der Waals surface area contributed by atoms with E-state index >= 15 is 0 Å². The second-order valence-electron chi connectivity index (χ2n) is 8.66. The molecule has 2 N–H and O–H groups in total. The summed E-state index contributed by atoms with van der Waals surface area (Å²) in [6.45, 7) is 0. The highest BCUT2D eigenvalue weighted by Gasteiger charge is 2.28. The van der Waals surface area contributed by atoms with Crippen molar-refractivity contribution in [3.8, 4) is 0 Å². The number of amides is 1. The molecule has 0 aliphatic rings. The average molecular weight is 460 g/mol. The number of nitrogens with one attached hydrogen (secondary N) is 1. The van der Waals surface area contributed by atoms with Gasteiger partial charge in [0.1, 0.15) is 6.04 Å². The highest BCUT2D eigenvalue weighted by atomic mass is 16.4. The van der Waals surface area contributed by atoms with Crippen LogP contribution in [-0.4, -0.2) is 23.0 Å². The molecule has 0 aromatic heterocycles. The third kappa shape index (κ3) is 4.64. The summed E-state index contributed by atoms with van der Waals surface area (Å²) >= 11 is 0. The Hall–Kier alpha value is -4.44. The van der Waals surface area contributed by atoms with Gasteiger partial charge < -0.3 is 10.4 Å². The van der Waals surface area contributed by atoms with E-state index < -0.39 is 17.9 Å². The van der Waals surface area contributed by atoms with Gasteiger partial charge in [-0.1, -0.05) is 109 Å². The summed E-state index contributed by atoms with van der Waals surface area (Å²) in [7, 11) is 0. The van der Waals surface area contributed by atoms with Crippen LogP contribution in [0.25, 0.3) is 21.5 Å². The van der Waals surface area contributed by atoms with Crippen molar-refractivity contribution in [3.63, 3.8) is 0 Å². The maximum Gasteiger partial charge on any atom is 0.326 e. The molecule has 5 aromatic carbocycles. The number of hydrogen-bond acceptors (Lipinski definition) is 2. The number of aliphatic carboxylic acids is 1. The standard InChI is InChI=1S/C31H25NO3/c33-30(29(21-11-3-1-4-12-21)22-13-5-2-6-14-22)32-28(31(34)35)20-27-25-17-9-7-15-23(25)19-24-16-8-10-18-26(24)27/h1-19,28-29H,20H2,(H,32,33)(H,34,35)/t28-/m1/s1. The van der Waals surface area contributed by atoms with Gasteiger partial charge in [-0.25, -0.2) is 4.79 Å². The molecule has 0 saturated carbocycles. The maximum atomic E-state index is 13.6. The van der Waals surface area contributed by atoms with Crippen LogP contribution in [0.4, 0.5) is 0 Å². The molecule has 0 spiro atoms. The molecule has 0 unspecified atom stereocenters. The van der Waals surface area contributed by atoms with Crippen molar-refractivity contribution in [1.82, 2.24) is 5.32 Å². The quantitative estimate of drug-likeness (QED) is 0.296. The molecule has 0 bridgehead atoms. The van der Waals surface area contributed by atoms with E-state index in [9.17, 15) is 14.7 Å². The minimum absolute atomic E-state index is 0.180. The van der Waals surface area contributed by atoms with Crippen LogP contribution >= 0.6 is 0 Å². The molecule has 0 saturated heterocycles. The molecule has 1 amide bonds. The Morgan fingerprint density at radius 1 is 0.657 bits per heavy atom. The second kappa shape index (κ2) is 9.82. The smallest absolute Gasteiger partial charge is 0.326 e. The molecule has 4 nitrogen and oxygen atoms in total. The van der Waals surface area contributed by atoms with Crippen LogP contribution in [0.2, 0.25) is 0 Å². The zero-order valence-electron chi connectivity index (χ0n) is 19.1. The molecular weight excluding hydrogens is 434 g/mol. The first-order valence-corrected chi connectivity index (χ1v) is 11.6. The lowest BCUT2D eigenvalue weighted by Crippen LogP contribution is -2.44. The molecule has 5 rings (SSSR count). The molecule has 0 aliphatic carbocycles. The van der Waals surface area contributed by atoms with E-state index in [0.717, 1.165) is 38.2 Å². The Balaban J connectivity index is 1.53. The highest BCUT2D eigenvalue weighted by molar-refractivity contribution is 6.03. The van der Waals surface area contributed by atoms with Crippen molar-refractivity contribution in [2.75, 3.05) is 0 Å². The molecule has 0 aliphatic heterocycles. The maximum absolute atomic E-state index is 13.6. The van der Waals surface area contributed by atoms with Crippen LogP contribution in [0.3, 0.4) is 0 Å². The SMILES string of the molecule is O=C(N[C@H](Cc1c2ccccc2cc2ccccc12)C(=O)O)C(c1ccccc1)c1ccccc1. The molecule has 172 valence electrons. The number of rotatable bonds is 7. The predicted molar refractivity (Wildman–Crippen MR) is 139 cm³/mol. The lowest BCUT2D eigenvalue weighted by Gasteiger charge is -2.22. The monoisotopic (exact) mass is 459 g/mol. The van der Waals surface area contributed by atoms with Gasteiger partial charge in [0, 0.05) is 6.42 Å². The Morgan fingerprint density at radius 2 is 1.11 bits per heavy atom. The number of fused-ring (bicyclic) bond motifs is 2. The second-order valence-corrected chi connectivity index (χ2v) is 8.66. The third-order valence-corrected chi connectivity index (χ3v) is 6.43. The van der Waals surface area contributed by atoms with Gasteiger partial charge in [-0.3, -0.25) is 4.79 Å². The fraction of sp³-hybridized carbons (Fsp3) is 0.0968. The summed E-state index contributed by atoms with van der Waals surface area (Å²) in [6, 6.07) is 35.9. The van der Waals surface area contributed by atoms with E-state index in [4.69, 9.17) is 0 Å². The zero-order chi connectivity index (χ0) is 24.2. The van der Waals surface area contributed by atoms with Crippen molar-refractivity contribution in [3.05, 3.63) is 132 Å². The number of hydrogen-bond donors (Lipinski definition) is 2. The summed E-state index contributed by atoms with van der Waals surface area (Å²) in [4.78, 5) is 26.0. The molecule has 5 aromatic rings. The Bertz CT molecular complexity index is 1400. The number of carboxylic acids is 1. The average Bonchev–Trinajstić information content (AvgIpc) is 2.89. The van der Waals surface area contributed by atoms with Crippen LogP contribution in [0.15, 0.2) is 115 Å². The van der Waals surface area contributed by atoms with Crippen LogP contribution in [0.5, 0.6) is 0 Å². The van der Waals surface area contributed by atoms with E-state index in [2.05, 4.69) is 11.4 Å². The van der Waals surface area contributed by atoms with Gasteiger partial charge >= 0.3 is 5.97 Å². The van der Waals surface area contributed by atoms with E-state index in [1.54, 1.807) is 0 Å². The van der Waals surface area contributed by atoms with Crippen LogP contribution in [-0.2, 0) is 16.0 Å². The minimum Gasteiger partial charge on any atom is -0.480 e. The first-order valence-electron chi connectivity index (χ1n) is 11.6. The van der Waals surface area contributed by atoms with Gasteiger partial charge in [0.25, 0.3) is 0 Å². The summed E-state index contributed by atoms with van der Waals surface area (Å²) in [5, 5.41) is 17.1. The molecule has 0 fully saturated rings. The van der Waals surface area contributed by atoms with Gasteiger partial charge in [0.05, 0.1) is 5.92 Å².